The van der Waals surface area contributed by atoms with Gasteiger partial charge in [-0.05, 0) is 25.0 Å². The van der Waals surface area contributed by atoms with Crippen LogP contribution in [0.15, 0.2) is 24.3 Å². The van der Waals surface area contributed by atoms with Crippen molar-refractivity contribution in [3.8, 4) is 0 Å². The summed E-state index contributed by atoms with van der Waals surface area (Å²) in [6.07, 6.45) is 4.03. The molecule has 158 valence electrons. The number of carbonyl (C=O) groups excluding carboxylic acids is 1. The second-order valence-corrected chi connectivity index (χ2v) is 10.5. The van der Waals surface area contributed by atoms with Crippen molar-refractivity contribution < 1.29 is 13.2 Å². The van der Waals surface area contributed by atoms with Crippen molar-refractivity contribution in [1.29, 1.82) is 0 Å². The van der Waals surface area contributed by atoms with Gasteiger partial charge in [0, 0.05) is 39.3 Å². The Morgan fingerprint density at radius 3 is 2.31 bits per heavy atom. The molecule has 2 aliphatic rings. The number of para-hydroxylation sites is 1. The largest absolute Gasteiger partial charge is 0.331 e. The predicted molar refractivity (Wildman–Crippen MR) is 114 cm³/mol. The Bertz CT molecular complexity index is 913. The fraction of sp³-hybridized carbons (Fsp3) is 0.579. The molecule has 0 radical (unpaired) electrons. The van der Waals surface area contributed by atoms with Crippen LogP contribution in [0.1, 0.15) is 30.7 Å². The zero-order chi connectivity index (χ0) is 20.3. The Labute approximate surface area is 175 Å². The number of amides is 2. The molecule has 0 aliphatic carbocycles. The van der Waals surface area contributed by atoms with Crippen molar-refractivity contribution in [3.63, 3.8) is 0 Å². The number of hydrogen-bond acceptors (Lipinski definition) is 5. The van der Waals surface area contributed by atoms with Crippen LogP contribution < -0.4 is 5.32 Å². The molecule has 2 saturated heterocycles. The van der Waals surface area contributed by atoms with E-state index in [0.717, 1.165) is 40.9 Å². The number of rotatable bonds is 4. The molecule has 0 bridgehead atoms. The SMILES string of the molecule is O=C(NCc1nc2ccccc2s1)N1CCN(S(=O)(=O)N2CCCCCC2)CC1. The number of nitrogens with one attached hydrogen (secondary N) is 1. The first-order valence-corrected chi connectivity index (χ1v) is 12.4. The minimum absolute atomic E-state index is 0.170. The summed E-state index contributed by atoms with van der Waals surface area (Å²) >= 11 is 1.57. The van der Waals surface area contributed by atoms with Crippen LogP contribution in [0.3, 0.4) is 0 Å². The summed E-state index contributed by atoms with van der Waals surface area (Å²) in [7, 11) is -3.43. The molecule has 8 nitrogen and oxygen atoms in total. The van der Waals surface area contributed by atoms with E-state index in [0.29, 0.717) is 45.8 Å². The summed E-state index contributed by atoms with van der Waals surface area (Å²) in [4.78, 5) is 18.7. The molecule has 2 fully saturated rings. The Kier molecular flexibility index (Phi) is 6.33. The minimum atomic E-state index is -3.43. The molecule has 2 amide bonds. The average Bonchev–Trinajstić information content (AvgIpc) is 2.94. The smallest absolute Gasteiger partial charge is 0.317 e. The molecule has 1 aromatic heterocycles. The number of aromatic nitrogens is 1. The standard InChI is InChI=1S/C19H27N5O3S2/c25-19(20-15-18-21-16-7-3-4-8-17(16)28-18)22-11-13-24(14-12-22)29(26,27)23-9-5-1-2-6-10-23/h3-4,7-8H,1-2,5-6,9-15H2,(H,20,25). The predicted octanol–water partition coefficient (Wildman–Crippen LogP) is 2.24. The van der Waals surface area contributed by atoms with Gasteiger partial charge in [0.15, 0.2) is 0 Å². The maximum atomic E-state index is 12.9. The highest BCUT2D eigenvalue weighted by Crippen LogP contribution is 2.21. The summed E-state index contributed by atoms with van der Waals surface area (Å²) < 4.78 is 30.0. The highest BCUT2D eigenvalue weighted by molar-refractivity contribution is 7.86. The van der Waals surface area contributed by atoms with E-state index < -0.39 is 10.2 Å². The molecule has 0 atom stereocenters. The van der Waals surface area contributed by atoms with Gasteiger partial charge in [-0.2, -0.15) is 17.0 Å². The summed E-state index contributed by atoms with van der Waals surface area (Å²) in [5.41, 5.74) is 0.939. The third-order valence-electron chi connectivity index (χ3n) is 5.47. The number of piperazine rings is 1. The fourth-order valence-corrected chi connectivity index (χ4v) is 6.39. The van der Waals surface area contributed by atoms with Crippen LogP contribution in [0.5, 0.6) is 0 Å². The molecule has 1 aromatic carbocycles. The van der Waals surface area contributed by atoms with Gasteiger partial charge in [-0.15, -0.1) is 11.3 Å². The molecular formula is C19H27N5O3S2. The number of thiazole rings is 1. The van der Waals surface area contributed by atoms with Gasteiger partial charge >= 0.3 is 6.03 Å². The van der Waals surface area contributed by atoms with Crippen LogP contribution in [0.2, 0.25) is 0 Å². The molecule has 10 heteroatoms. The van der Waals surface area contributed by atoms with Crippen LogP contribution in [0.25, 0.3) is 10.2 Å². The summed E-state index contributed by atoms with van der Waals surface area (Å²) in [5, 5.41) is 3.77. The van der Waals surface area contributed by atoms with E-state index in [9.17, 15) is 13.2 Å². The molecule has 4 rings (SSSR count). The number of nitrogens with zero attached hydrogens (tertiary/aromatic N) is 4. The second kappa shape index (κ2) is 8.95. The lowest BCUT2D eigenvalue weighted by Crippen LogP contribution is -2.55. The number of carbonyl (C=O) groups is 1. The first-order chi connectivity index (χ1) is 14.0. The van der Waals surface area contributed by atoms with E-state index in [2.05, 4.69) is 10.3 Å². The summed E-state index contributed by atoms with van der Waals surface area (Å²) in [5.74, 6) is 0. The molecule has 0 spiro atoms. The second-order valence-electron chi connectivity index (χ2n) is 7.44. The Hall–Kier alpha value is -1.75. The fourth-order valence-electron chi connectivity index (χ4n) is 3.82. The lowest BCUT2D eigenvalue weighted by Gasteiger charge is -2.36. The minimum Gasteiger partial charge on any atom is -0.331 e. The molecular weight excluding hydrogens is 410 g/mol. The van der Waals surface area contributed by atoms with Crippen LogP contribution in [-0.2, 0) is 16.8 Å². The first-order valence-electron chi connectivity index (χ1n) is 10.2. The molecule has 2 aliphatic heterocycles. The van der Waals surface area contributed by atoms with Crippen molar-refractivity contribution in [2.45, 2.75) is 32.2 Å². The van der Waals surface area contributed by atoms with E-state index in [4.69, 9.17) is 0 Å². The van der Waals surface area contributed by atoms with Gasteiger partial charge in [0.2, 0.25) is 0 Å². The van der Waals surface area contributed by atoms with E-state index in [1.54, 1.807) is 20.5 Å². The van der Waals surface area contributed by atoms with Crippen molar-refractivity contribution >= 4 is 37.8 Å². The first kappa shape index (κ1) is 20.5. The van der Waals surface area contributed by atoms with Gasteiger partial charge in [-0.25, -0.2) is 9.78 Å². The average molecular weight is 438 g/mol. The molecule has 29 heavy (non-hydrogen) atoms. The Morgan fingerprint density at radius 2 is 1.62 bits per heavy atom. The Morgan fingerprint density at radius 1 is 0.966 bits per heavy atom. The van der Waals surface area contributed by atoms with Crippen molar-refractivity contribution in [2.24, 2.45) is 0 Å². The molecule has 3 heterocycles. The van der Waals surface area contributed by atoms with Crippen molar-refractivity contribution in [1.82, 2.24) is 23.8 Å². The van der Waals surface area contributed by atoms with Crippen LogP contribution >= 0.6 is 11.3 Å². The third kappa shape index (κ3) is 4.71. The maximum absolute atomic E-state index is 12.9. The van der Waals surface area contributed by atoms with Gasteiger partial charge in [-0.1, -0.05) is 25.0 Å². The van der Waals surface area contributed by atoms with E-state index in [1.165, 1.54) is 4.31 Å². The topological polar surface area (TPSA) is 85.9 Å². The van der Waals surface area contributed by atoms with Crippen molar-refractivity contribution in [2.75, 3.05) is 39.3 Å². The molecule has 0 unspecified atom stereocenters. The van der Waals surface area contributed by atoms with E-state index >= 15 is 0 Å². The zero-order valence-electron chi connectivity index (χ0n) is 16.4. The zero-order valence-corrected chi connectivity index (χ0v) is 18.1. The number of urea groups is 1. The van der Waals surface area contributed by atoms with Gasteiger partial charge < -0.3 is 10.2 Å². The summed E-state index contributed by atoms with van der Waals surface area (Å²) in [6.45, 7) is 3.07. The molecule has 2 aromatic rings. The lowest BCUT2D eigenvalue weighted by atomic mass is 10.2. The highest BCUT2D eigenvalue weighted by Gasteiger charge is 2.33. The number of fused-ring (bicyclic) bond motifs is 1. The van der Waals surface area contributed by atoms with Gasteiger partial charge in [0.05, 0.1) is 16.8 Å². The normalized spacial score (nSPS) is 19.9. The molecule has 0 saturated carbocycles. The monoisotopic (exact) mass is 437 g/mol. The highest BCUT2D eigenvalue weighted by atomic mass is 32.2. The van der Waals surface area contributed by atoms with Crippen LogP contribution in [0, 0.1) is 0 Å². The van der Waals surface area contributed by atoms with Gasteiger partial charge in [0.25, 0.3) is 10.2 Å². The summed E-state index contributed by atoms with van der Waals surface area (Å²) in [6, 6.07) is 7.73. The van der Waals surface area contributed by atoms with Crippen LogP contribution in [-0.4, -0.2) is 72.2 Å². The van der Waals surface area contributed by atoms with E-state index in [-0.39, 0.29) is 6.03 Å². The lowest BCUT2D eigenvalue weighted by molar-refractivity contribution is 0.169. The van der Waals surface area contributed by atoms with Gasteiger partial charge in [0.1, 0.15) is 5.01 Å². The van der Waals surface area contributed by atoms with Crippen molar-refractivity contribution in [3.05, 3.63) is 29.3 Å². The maximum Gasteiger partial charge on any atom is 0.317 e. The van der Waals surface area contributed by atoms with Crippen LogP contribution in [0.4, 0.5) is 4.79 Å². The molecule has 1 N–H and O–H groups in total. The number of hydrogen-bond donors (Lipinski definition) is 1. The number of benzene rings is 1. The van der Waals surface area contributed by atoms with E-state index in [1.807, 2.05) is 24.3 Å². The quantitative estimate of drug-likeness (QED) is 0.795. The third-order valence-corrected chi connectivity index (χ3v) is 8.54. The Balaban J connectivity index is 1.28. The van der Waals surface area contributed by atoms with Gasteiger partial charge in [-0.3, -0.25) is 0 Å².